The molecule has 0 aliphatic carbocycles. The lowest BCUT2D eigenvalue weighted by Crippen LogP contribution is -2.01. The van der Waals surface area contributed by atoms with Crippen LogP contribution in [0.25, 0.3) is 0 Å². The molecule has 2 aromatic heterocycles. The maximum absolute atomic E-state index is 12.4. The number of ketones is 1. The van der Waals surface area contributed by atoms with Crippen LogP contribution in [0.3, 0.4) is 0 Å². The number of rotatable bonds is 4. The molecule has 1 aromatic carbocycles. The first-order valence-corrected chi connectivity index (χ1v) is 7.31. The Balaban J connectivity index is 2.00. The lowest BCUT2D eigenvalue weighted by molar-refractivity contribution is 0.101. The van der Waals surface area contributed by atoms with E-state index in [9.17, 15) is 10.1 Å². The second-order valence-electron chi connectivity index (χ2n) is 4.46. The van der Waals surface area contributed by atoms with Crippen LogP contribution in [0, 0.1) is 11.3 Å². The van der Waals surface area contributed by atoms with E-state index in [1.54, 1.807) is 17.5 Å². The van der Waals surface area contributed by atoms with Crippen molar-refractivity contribution in [2.45, 2.75) is 0 Å². The number of nitrogen functional groups attached to an aromatic ring is 1. The Morgan fingerprint density at radius 1 is 1.23 bits per heavy atom. The molecule has 5 nitrogen and oxygen atoms in total. The monoisotopic (exact) mass is 309 g/mol. The quantitative estimate of drug-likeness (QED) is 0.716. The summed E-state index contributed by atoms with van der Waals surface area (Å²) in [6.45, 7) is 0. The van der Waals surface area contributed by atoms with Gasteiger partial charge in [0.25, 0.3) is 0 Å². The SMILES string of the molecule is N#Cc1c(Nc2ccccc2)oc(C(=O)c2cccs2)c1N. The van der Waals surface area contributed by atoms with Gasteiger partial charge in [0.2, 0.25) is 17.4 Å². The summed E-state index contributed by atoms with van der Waals surface area (Å²) in [6.07, 6.45) is 0. The number of anilines is 3. The number of nitrogens with two attached hydrogens (primary N) is 1. The van der Waals surface area contributed by atoms with Gasteiger partial charge in [-0.1, -0.05) is 24.3 Å². The normalized spacial score (nSPS) is 10.1. The fourth-order valence-corrected chi connectivity index (χ4v) is 2.64. The number of nitrogens with one attached hydrogen (secondary N) is 1. The van der Waals surface area contributed by atoms with Crippen molar-refractivity contribution in [3.8, 4) is 6.07 Å². The standard InChI is InChI=1S/C16H11N3O2S/c17-9-11-13(18)15(14(20)12-7-4-8-22-12)21-16(11)19-10-5-2-1-3-6-10/h1-8,19H,18H2. The van der Waals surface area contributed by atoms with E-state index in [0.29, 0.717) is 4.88 Å². The Morgan fingerprint density at radius 3 is 2.64 bits per heavy atom. The van der Waals surface area contributed by atoms with E-state index < -0.39 is 0 Å². The average Bonchev–Trinajstić information content (AvgIpc) is 3.16. The van der Waals surface area contributed by atoms with Crippen molar-refractivity contribution >= 4 is 34.4 Å². The maximum atomic E-state index is 12.4. The Labute approximate surface area is 130 Å². The molecule has 2 heterocycles. The number of furan rings is 1. The van der Waals surface area contributed by atoms with E-state index in [0.717, 1.165) is 5.69 Å². The van der Waals surface area contributed by atoms with Crippen molar-refractivity contribution in [3.63, 3.8) is 0 Å². The van der Waals surface area contributed by atoms with Crippen LogP contribution >= 0.6 is 11.3 Å². The molecule has 0 radical (unpaired) electrons. The Morgan fingerprint density at radius 2 is 2.00 bits per heavy atom. The molecule has 0 saturated heterocycles. The number of hydrogen-bond donors (Lipinski definition) is 2. The molecule has 108 valence electrons. The van der Waals surface area contributed by atoms with Gasteiger partial charge in [-0.05, 0) is 23.6 Å². The molecule has 0 fully saturated rings. The zero-order chi connectivity index (χ0) is 15.5. The highest BCUT2D eigenvalue weighted by Gasteiger charge is 2.24. The summed E-state index contributed by atoms with van der Waals surface area (Å²) >= 11 is 1.29. The van der Waals surface area contributed by atoms with Crippen LogP contribution in [0.15, 0.2) is 52.3 Å². The van der Waals surface area contributed by atoms with Gasteiger partial charge in [0, 0.05) is 5.69 Å². The highest BCUT2D eigenvalue weighted by Crippen LogP contribution is 2.33. The van der Waals surface area contributed by atoms with E-state index in [1.165, 1.54) is 11.3 Å². The predicted octanol–water partition coefficient (Wildman–Crippen LogP) is 3.77. The molecular formula is C16H11N3O2S. The van der Waals surface area contributed by atoms with Crippen molar-refractivity contribution in [1.82, 2.24) is 0 Å². The molecule has 0 aliphatic rings. The number of benzene rings is 1. The lowest BCUT2D eigenvalue weighted by atomic mass is 10.2. The lowest BCUT2D eigenvalue weighted by Gasteiger charge is -2.02. The first-order chi connectivity index (χ1) is 10.7. The molecule has 22 heavy (non-hydrogen) atoms. The number of hydrogen-bond acceptors (Lipinski definition) is 6. The summed E-state index contributed by atoms with van der Waals surface area (Å²) in [5.41, 5.74) is 6.83. The molecule has 3 rings (SSSR count). The molecule has 0 aliphatic heterocycles. The van der Waals surface area contributed by atoms with E-state index in [4.69, 9.17) is 10.2 Å². The minimum absolute atomic E-state index is 0.0163. The van der Waals surface area contributed by atoms with Gasteiger partial charge in [-0.3, -0.25) is 4.79 Å². The van der Waals surface area contributed by atoms with Gasteiger partial charge >= 0.3 is 0 Å². The van der Waals surface area contributed by atoms with Gasteiger partial charge < -0.3 is 15.5 Å². The van der Waals surface area contributed by atoms with Crippen LogP contribution in [0.2, 0.25) is 0 Å². The summed E-state index contributed by atoms with van der Waals surface area (Å²) in [7, 11) is 0. The first-order valence-electron chi connectivity index (χ1n) is 6.43. The van der Waals surface area contributed by atoms with Gasteiger partial charge in [-0.2, -0.15) is 5.26 Å². The second kappa shape index (κ2) is 5.76. The largest absolute Gasteiger partial charge is 0.433 e. The molecular weight excluding hydrogens is 298 g/mol. The molecule has 3 N–H and O–H groups in total. The summed E-state index contributed by atoms with van der Waals surface area (Å²) in [5.74, 6) is -0.173. The number of nitrogens with zero attached hydrogens (tertiary/aromatic N) is 1. The minimum Gasteiger partial charge on any atom is -0.433 e. The summed E-state index contributed by atoms with van der Waals surface area (Å²) in [5, 5.41) is 14.0. The highest BCUT2D eigenvalue weighted by atomic mass is 32.1. The van der Waals surface area contributed by atoms with E-state index in [-0.39, 0.29) is 28.7 Å². The predicted molar refractivity (Wildman–Crippen MR) is 85.3 cm³/mol. The zero-order valence-electron chi connectivity index (χ0n) is 11.4. The summed E-state index contributed by atoms with van der Waals surface area (Å²) < 4.78 is 5.52. The van der Waals surface area contributed by atoms with Crippen LogP contribution in [0.1, 0.15) is 21.0 Å². The highest BCUT2D eigenvalue weighted by molar-refractivity contribution is 7.12. The third kappa shape index (κ3) is 2.45. The van der Waals surface area contributed by atoms with Crippen LogP contribution in [-0.2, 0) is 0 Å². The number of para-hydroxylation sites is 1. The van der Waals surface area contributed by atoms with Crippen molar-refractivity contribution < 1.29 is 9.21 Å². The summed E-state index contributed by atoms with van der Waals surface area (Å²) in [6, 6.07) is 14.6. The maximum Gasteiger partial charge on any atom is 0.240 e. The van der Waals surface area contributed by atoms with E-state index >= 15 is 0 Å². The minimum atomic E-state index is -0.329. The second-order valence-corrected chi connectivity index (χ2v) is 5.41. The van der Waals surface area contributed by atoms with Gasteiger partial charge in [0.15, 0.2) is 0 Å². The summed E-state index contributed by atoms with van der Waals surface area (Å²) in [4.78, 5) is 12.9. The van der Waals surface area contributed by atoms with Crippen LogP contribution in [-0.4, -0.2) is 5.78 Å². The van der Waals surface area contributed by atoms with Gasteiger partial charge in [-0.15, -0.1) is 11.3 Å². The number of carbonyl (C=O) groups is 1. The Hall–Kier alpha value is -3.04. The molecule has 0 bridgehead atoms. The topological polar surface area (TPSA) is 92.0 Å². The Kier molecular flexibility index (Phi) is 3.64. The third-order valence-corrected chi connectivity index (χ3v) is 3.91. The number of nitriles is 1. The first kappa shape index (κ1) is 13.9. The van der Waals surface area contributed by atoms with Gasteiger partial charge in [-0.25, -0.2) is 0 Å². The molecule has 0 atom stereocenters. The fourth-order valence-electron chi connectivity index (χ4n) is 1.98. The molecule has 0 amide bonds. The number of thiophene rings is 1. The van der Waals surface area contributed by atoms with Gasteiger partial charge in [0.1, 0.15) is 17.3 Å². The molecule has 0 spiro atoms. The molecule has 0 saturated carbocycles. The van der Waals surface area contributed by atoms with E-state index in [1.807, 2.05) is 36.4 Å². The van der Waals surface area contributed by atoms with Crippen molar-refractivity contribution in [2.24, 2.45) is 0 Å². The zero-order valence-corrected chi connectivity index (χ0v) is 12.2. The molecule has 3 aromatic rings. The van der Waals surface area contributed by atoms with Crippen molar-refractivity contribution in [2.75, 3.05) is 11.1 Å². The van der Waals surface area contributed by atoms with Crippen molar-refractivity contribution in [3.05, 3.63) is 64.0 Å². The third-order valence-electron chi connectivity index (χ3n) is 3.04. The smallest absolute Gasteiger partial charge is 0.240 e. The van der Waals surface area contributed by atoms with E-state index in [2.05, 4.69) is 5.32 Å². The van der Waals surface area contributed by atoms with Crippen LogP contribution in [0.5, 0.6) is 0 Å². The Bertz CT molecular complexity index is 846. The van der Waals surface area contributed by atoms with Crippen LogP contribution < -0.4 is 11.1 Å². The van der Waals surface area contributed by atoms with Gasteiger partial charge in [0.05, 0.1) is 4.88 Å². The average molecular weight is 309 g/mol. The van der Waals surface area contributed by atoms with Crippen LogP contribution in [0.4, 0.5) is 17.3 Å². The van der Waals surface area contributed by atoms with Crippen molar-refractivity contribution in [1.29, 1.82) is 5.26 Å². The fraction of sp³-hybridized carbons (Fsp3) is 0. The molecule has 6 heteroatoms. The molecule has 0 unspecified atom stereocenters. The number of carbonyl (C=O) groups excluding carboxylic acids is 1.